The number of aliphatic hydroxyl groups is 1. The van der Waals surface area contributed by atoms with Gasteiger partial charge in [-0.2, -0.15) is 0 Å². The molecule has 1 atom stereocenters. The molecule has 0 aliphatic carbocycles. The van der Waals surface area contributed by atoms with Crippen LogP contribution in [0.1, 0.15) is 155 Å². The minimum absolute atomic E-state index is 0.0632. The molecule has 1 N–H and O–H groups in total. The summed E-state index contributed by atoms with van der Waals surface area (Å²) in [7, 11) is 0. The zero-order valence-electron chi connectivity index (χ0n) is 22.6. The van der Waals surface area contributed by atoms with Gasteiger partial charge in [0.25, 0.3) is 0 Å². The zero-order chi connectivity index (χ0) is 25.1. The van der Waals surface area contributed by atoms with Crippen molar-refractivity contribution in [3.05, 3.63) is 0 Å². The van der Waals surface area contributed by atoms with E-state index < -0.39 is 6.10 Å². The summed E-state index contributed by atoms with van der Waals surface area (Å²) in [5.41, 5.74) is 0. The highest BCUT2D eigenvalue weighted by Crippen LogP contribution is 2.14. The van der Waals surface area contributed by atoms with Gasteiger partial charge >= 0.3 is 11.9 Å². The minimum atomic E-state index is -0.756. The van der Waals surface area contributed by atoms with Crippen molar-refractivity contribution < 1.29 is 24.2 Å². The van der Waals surface area contributed by atoms with Gasteiger partial charge in [0.05, 0.1) is 6.61 Å². The average molecular weight is 485 g/mol. The van der Waals surface area contributed by atoms with Gasteiger partial charge in [-0.05, 0) is 12.8 Å². The van der Waals surface area contributed by atoms with E-state index in [1.807, 2.05) is 0 Å². The first kappa shape index (κ1) is 32.9. The molecule has 5 heteroatoms. The number of rotatable bonds is 26. The highest BCUT2D eigenvalue weighted by molar-refractivity contribution is 5.70. The van der Waals surface area contributed by atoms with Crippen LogP contribution in [0, 0.1) is 0 Å². The Balaban J connectivity index is 3.43. The Morgan fingerprint density at radius 3 is 1.35 bits per heavy atom. The predicted molar refractivity (Wildman–Crippen MR) is 141 cm³/mol. The van der Waals surface area contributed by atoms with Gasteiger partial charge in [0.15, 0.2) is 6.10 Å². The molecule has 0 spiro atoms. The number of hydrogen-bond acceptors (Lipinski definition) is 5. The standard InChI is InChI=1S/C29H56O5/c1-3-5-7-8-9-10-11-12-13-14-15-16-17-18-19-20-22-24-29(32)34-27(25-30)26-33-28(31)23-21-6-4-2/h27,30H,3-26H2,1-2H3. The number of ether oxygens (including phenoxy) is 2. The van der Waals surface area contributed by atoms with Gasteiger partial charge in [0.1, 0.15) is 6.61 Å². The first-order valence-corrected chi connectivity index (χ1v) is 14.6. The van der Waals surface area contributed by atoms with Crippen LogP contribution in [0.4, 0.5) is 0 Å². The summed E-state index contributed by atoms with van der Waals surface area (Å²) in [6.07, 6.45) is 25.0. The molecule has 0 aromatic carbocycles. The lowest BCUT2D eigenvalue weighted by Gasteiger charge is -2.15. The molecule has 0 heterocycles. The van der Waals surface area contributed by atoms with Crippen molar-refractivity contribution in [1.29, 1.82) is 0 Å². The number of unbranched alkanes of at least 4 members (excludes halogenated alkanes) is 18. The molecule has 0 saturated carbocycles. The number of aliphatic hydroxyl groups excluding tert-OH is 1. The van der Waals surface area contributed by atoms with Crippen molar-refractivity contribution in [2.75, 3.05) is 13.2 Å². The van der Waals surface area contributed by atoms with Gasteiger partial charge in [-0.25, -0.2) is 0 Å². The molecule has 0 aliphatic rings. The summed E-state index contributed by atoms with van der Waals surface area (Å²) >= 11 is 0. The highest BCUT2D eigenvalue weighted by atomic mass is 16.6. The third kappa shape index (κ3) is 24.0. The molecule has 0 aromatic heterocycles. The van der Waals surface area contributed by atoms with Gasteiger partial charge in [-0.3, -0.25) is 9.59 Å². The lowest BCUT2D eigenvalue weighted by atomic mass is 10.0. The fraction of sp³-hybridized carbons (Fsp3) is 0.931. The molecule has 0 saturated heterocycles. The van der Waals surface area contributed by atoms with Crippen LogP contribution in [0.2, 0.25) is 0 Å². The van der Waals surface area contributed by atoms with E-state index >= 15 is 0 Å². The molecule has 0 aliphatic heterocycles. The molecule has 0 fully saturated rings. The van der Waals surface area contributed by atoms with Crippen molar-refractivity contribution in [3.63, 3.8) is 0 Å². The zero-order valence-corrected chi connectivity index (χ0v) is 22.6. The molecule has 0 rings (SSSR count). The van der Waals surface area contributed by atoms with Crippen molar-refractivity contribution in [1.82, 2.24) is 0 Å². The summed E-state index contributed by atoms with van der Waals surface area (Å²) in [4.78, 5) is 23.6. The number of carbonyl (C=O) groups is 2. The van der Waals surface area contributed by atoms with Crippen LogP contribution in [0.5, 0.6) is 0 Å². The van der Waals surface area contributed by atoms with Gasteiger partial charge in [-0.15, -0.1) is 0 Å². The molecular weight excluding hydrogens is 428 g/mol. The predicted octanol–water partition coefficient (Wildman–Crippen LogP) is 8.06. The molecule has 0 radical (unpaired) electrons. The number of hydrogen-bond donors (Lipinski definition) is 1. The van der Waals surface area contributed by atoms with Gasteiger partial charge in [-0.1, -0.05) is 129 Å². The van der Waals surface area contributed by atoms with Crippen molar-refractivity contribution >= 4 is 11.9 Å². The fourth-order valence-corrected chi connectivity index (χ4v) is 4.14. The van der Waals surface area contributed by atoms with Crippen LogP contribution in [0.25, 0.3) is 0 Å². The Kier molecular flexibility index (Phi) is 25.6. The monoisotopic (exact) mass is 484 g/mol. The van der Waals surface area contributed by atoms with Gasteiger partial charge < -0.3 is 14.6 Å². The normalized spacial score (nSPS) is 12.0. The van der Waals surface area contributed by atoms with E-state index in [1.54, 1.807) is 0 Å². The Bertz CT molecular complexity index is 452. The molecule has 34 heavy (non-hydrogen) atoms. The van der Waals surface area contributed by atoms with Crippen LogP contribution < -0.4 is 0 Å². The first-order valence-electron chi connectivity index (χ1n) is 14.6. The first-order chi connectivity index (χ1) is 16.6. The topological polar surface area (TPSA) is 72.8 Å². The summed E-state index contributed by atoms with van der Waals surface area (Å²) < 4.78 is 10.3. The average Bonchev–Trinajstić information content (AvgIpc) is 2.83. The molecule has 0 aromatic rings. The third-order valence-corrected chi connectivity index (χ3v) is 6.40. The second kappa shape index (κ2) is 26.5. The van der Waals surface area contributed by atoms with Crippen LogP contribution in [0.15, 0.2) is 0 Å². The van der Waals surface area contributed by atoms with E-state index in [2.05, 4.69) is 13.8 Å². The highest BCUT2D eigenvalue weighted by Gasteiger charge is 2.15. The molecule has 1 unspecified atom stereocenters. The maximum Gasteiger partial charge on any atom is 0.306 e. The largest absolute Gasteiger partial charge is 0.462 e. The molecule has 0 bridgehead atoms. The SMILES string of the molecule is CCCCCCCCCCCCCCCCCCCC(=O)OC(CO)COC(=O)CCCCC. The minimum Gasteiger partial charge on any atom is -0.462 e. The second-order valence-corrected chi connectivity index (χ2v) is 9.84. The van der Waals surface area contributed by atoms with E-state index in [4.69, 9.17) is 9.47 Å². The lowest BCUT2D eigenvalue weighted by molar-refractivity contribution is -0.161. The summed E-state index contributed by atoms with van der Waals surface area (Å²) in [5.74, 6) is -0.613. The summed E-state index contributed by atoms with van der Waals surface area (Å²) in [6.45, 7) is 3.96. The van der Waals surface area contributed by atoms with Crippen LogP contribution in [-0.4, -0.2) is 36.4 Å². The van der Waals surface area contributed by atoms with E-state index in [0.717, 1.165) is 38.5 Å². The number of esters is 2. The molecule has 0 amide bonds. The van der Waals surface area contributed by atoms with Crippen LogP contribution in [-0.2, 0) is 19.1 Å². The maximum atomic E-state index is 12.0. The van der Waals surface area contributed by atoms with Crippen molar-refractivity contribution in [2.45, 2.75) is 161 Å². The van der Waals surface area contributed by atoms with Gasteiger partial charge in [0, 0.05) is 12.8 Å². The van der Waals surface area contributed by atoms with Crippen LogP contribution >= 0.6 is 0 Å². The second-order valence-electron chi connectivity index (χ2n) is 9.84. The number of carbonyl (C=O) groups excluding carboxylic acids is 2. The van der Waals surface area contributed by atoms with Crippen LogP contribution in [0.3, 0.4) is 0 Å². The lowest BCUT2D eigenvalue weighted by Crippen LogP contribution is -2.28. The Labute approximate surface area is 210 Å². The van der Waals surface area contributed by atoms with E-state index in [0.29, 0.717) is 12.8 Å². The van der Waals surface area contributed by atoms with Crippen molar-refractivity contribution in [2.24, 2.45) is 0 Å². The maximum absolute atomic E-state index is 12.0. The van der Waals surface area contributed by atoms with Crippen molar-refractivity contribution in [3.8, 4) is 0 Å². The van der Waals surface area contributed by atoms with E-state index in [1.165, 1.54) is 89.9 Å². The van der Waals surface area contributed by atoms with E-state index in [9.17, 15) is 14.7 Å². The Morgan fingerprint density at radius 1 is 0.559 bits per heavy atom. The van der Waals surface area contributed by atoms with E-state index in [-0.39, 0.29) is 25.2 Å². The molecule has 5 nitrogen and oxygen atoms in total. The smallest absolute Gasteiger partial charge is 0.306 e. The summed E-state index contributed by atoms with van der Waals surface area (Å²) in [6, 6.07) is 0. The summed E-state index contributed by atoms with van der Waals surface area (Å²) in [5, 5.41) is 9.35. The Hall–Kier alpha value is -1.10. The molecule has 202 valence electrons. The quantitative estimate of drug-likeness (QED) is 0.0992. The fourth-order valence-electron chi connectivity index (χ4n) is 4.14. The molecular formula is C29H56O5. The Morgan fingerprint density at radius 2 is 0.912 bits per heavy atom. The third-order valence-electron chi connectivity index (χ3n) is 6.40. The van der Waals surface area contributed by atoms with Gasteiger partial charge in [0.2, 0.25) is 0 Å².